The number of aryl methyl sites for hydroxylation is 1. The topological polar surface area (TPSA) is 71.1 Å². The molecule has 2 aromatic rings. The minimum Gasteiger partial charge on any atom is -0.497 e. The highest BCUT2D eigenvalue weighted by atomic mass is 16.5. The molecule has 0 aromatic heterocycles. The largest absolute Gasteiger partial charge is 0.497 e. The van der Waals surface area contributed by atoms with Gasteiger partial charge in [0, 0.05) is 37.8 Å². The molecule has 0 saturated carbocycles. The molecule has 166 valence electrons. The lowest BCUT2D eigenvalue weighted by Crippen LogP contribution is -2.53. The van der Waals surface area contributed by atoms with Crippen LogP contribution in [0, 0.1) is 6.92 Å². The van der Waals surface area contributed by atoms with Gasteiger partial charge < -0.3 is 24.6 Å². The molecule has 3 rings (SSSR count). The molecule has 1 atom stereocenters. The van der Waals surface area contributed by atoms with Crippen LogP contribution >= 0.6 is 0 Å². The van der Waals surface area contributed by atoms with Crippen molar-refractivity contribution >= 4 is 11.9 Å². The fraction of sp³-hybridized carbons (Fsp3) is 0.417. The second kappa shape index (κ2) is 10.2. The average Bonchev–Trinajstić information content (AvgIpc) is 2.80. The first-order valence-electron chi connectivity index (χ1n) is 10.5. The standard InChI is InChI=1S/C24H31N3O4/c1-17-5-7-19(8-6-17)15-23(28)26-11-13-27(14-12-26)24(29)25-18(2)21-10-9-20(30-3)16-22(21)31-4/h5-10,16,18H,11-15H2,1-4H3,(H,25,29). The Kier molecular flexibility index (Phi) is 7.39. The highest BCUT2D eigenvalue weighted by Gasteiger charge is 2.25. The Balaban J connectivity index is 1.52. The van der Waals surface area contributed by atoms with Crippen molar-refractivity contribution in [3.8, 4) is 11.5 Å². The molecule has 0 spiro atoms. The van der Waals surface area contributed by atoms with Crippen LogP contribution < -0.4 is 14.8 Å². The fourth-order valence-corrected chi connectivity index (χ4v) is 3.68. The van der Waals surface area contributed by atoms with E-state index in [1.54, 1.807) is 25.2 Å². The summed E-state index contributed by atoms with van der Waals surface area (Å²) in [5.74, 6) is 1.46. The van der Waals surface area contributed by atoms with Crippen molar-refractivity contribution in [2.45, 2.75) is 26.3 Å². The van der Waals surface area contributed by atoms with Crippen molar-refractivity contribution in [3.63, 3.8) is 0 Å². The molecule has 1 heterocycles. The predicted octanol–water partition coefficient (Wildman–Crippen LogP) is 3.17. The zero-order chi connectivity index (χ0) is 22.4. The first-order chi connectivity index (χ1) is 14.9. The number of hydrogen-bond acceptors (Lipinski definition) is 4. The van der Waals surface area contributed by atoms with Crippen molar-refractivity contribution in [1.29, 1.82) is 0 Å². The molecule has 1 N–H and O–H groups in total. The molecule has 0 radical (unpaired) electrons. The number of rotatable bonds is 6. The summed E-state index contributed by atoms with van der Waals surface area (Å²) in [6.07, 6.45) is 0.390. The summed E-state index contributed by atoms with van der Waals surface area (Å²) >= 11 is 0. The van der Waals surface area contributed by atoms with E-state index in [-0.39, 0.29) is 18.0 Å². The van der Waals surface area contributed by atoms with Crippen molar-refractivity contribution < 1.29 is 19.1 Å². The van der Waals surface area contributed by atoms with Gasteiger partial charge in [-0.2, -0.15) is 0 Å². The number of amides is 3. The van der Waals surface area contributed by atoms with Gasteiger partial charge in [0.2, 0.25) is 5.91 Å². The van der Waals surface area contributed by atoms with Gasteiger partial charge in [-0.15, -0.1) is 0 Å². The first kappa shape index (κ1) is 22.5. The first-order valence-corrected chi connectivity index (χ1v) is 10.5. The molecule has 0 bridgehead atoms. The van der Waals surface area contributed by atoms with Gasteiger partial charge in [-0.05, 0) is 31.5 Å². The van der Waals surface area contributed by atoms with Gasteiger partial charge >= 0.3 is 6.03 Å². The molecule has 1 saturated heterocycles. The van der Waals surface area contributed by atoms with Crippen molar-refractivity contribution in [2.75, 3.05) is 40.4 Å². The molecule has 1 fully saturated rings. The Bertz CT molecular complexity index is 906. The van der Waals surface area contributed by atoms with Gasteiger partial charge in [0.05, 0.1) is 26.7 Å². The number of carbonyl (C=O) groups excluding carboxylic acids is 2. The van der Waals surface area contributed by atoms with Crippen LogP contribution in [0.3, 0.4) is 0 Å². The van der Waals surface area contributed by atoms with E-state index in [1.165, 1.54) is 5.56 Å². The number of piperazine rings is 1. The smallest absolute Gasteiger partial charge is 0.317 e. The molecule has 7 heteroatoms. The molecule has 1 aliphatic rings. The summed E-state index contributed by atoms with van der Waals surface area (Å²) in [6, 6.07) is 13.2. The second-order valence-corrected chi connectivity index (χ2v) is 7.81. The number of ether oxygens (including phenoxy) is 2. The van der Waals surface area contributed by atoms with Gasteiger partial charge in [-0.3, -0.25) is 4.79 Å². The number of methoxy groups -OCH3 is 2. The molecule has 3 amide bonds. The highest BCUT2D eigenvalue weighted by Crippen LogP contribution is 2.29. The van der Waals surface area contributed by atoms with Crippen LogP contribution in [-0.2, 0) is 11.2 Å². The summed E-state index contributed by atoms with van der Waals surface area (Å²) in [6.45, 7) is 6.05. The van der Waals surface area contributed by atoms with Crippen LogP contribution in [0.25, 0.3) is 0 Å². The van der Waals surface area contributed by atoms with E-state index in [9.17, 15) is 9.59 Å². The summed E-state index contributed by atoms with van der Waals surface area (Å²) in [4.78, 5) is 28.9. The predicted molar refractivity (Wildman–Crippen MR) is 120 cm³/mol. The Morgan fingerprint density at radius 3 is 2.23 bits per heavy atom. The number of benzene rings is 2. The molecule has 31 heavy (non-hydrogen) atoms. The monoisotopic (exact) mass is 425 g/mol. The van der Waals surface area contributed by atoms with Crippen molar-refractivity contribution in [1.82, 2.24) is 15.1 Å². The van der Waals surface area contributed by atoms with Crippen molar-refractivity contribution in [3.05, 3.63) is 59.2 Å². The Morgan fingerprint density at radius 2 is 1.61 bits per heavy atom. The molecule has 1 aliphatic heterocycles. The highest BCUT2D eigenvalue weighted by molar-refractivity contribution is 5.80. The third-order valence-electron chi connectivity index (χ3n) is 5.64. The number of nitrogens with zero attached hydrogens (tertiary/aromatic N) is 2. The second-order valence-electron chi connectivity index (χ2n) is 7.81. The molecule has 7 nitrogen and oxygen atoms in total. The lowest BCUT2D eigenvalue weighted by Gasteiger charge is -2.35. The maximum atomic E-state index is 12.7. The Morgan fingerprint density at radius 1 is 0.968 bits per heavy atom. The molecule has 0 aliphatic carbocycles. The number of urea groups is 1. The summed E-state index contributed by atoms with van der Waals surface area (Å²) < 4.78 is 10.7. The SMILES string of the molecule is COc1ccc(C(C)NC(=O)N2CCN(C(=O)Cc3ccc(C)cc3)CC2)c(OC)c1. The van der Waals surface area contributed by atoms with E-state index >= 15 is 0 Å². The lowest BCUT2D eigenvalue weighted by atomic mass is 10.1. The maximum absolute atomic E-state index is 12.7. The van der Waals surface area contributed by atoms with Crippen molar-refractivity contribution in [2.24, 2.45) is 0 Å². The summed E-state index contributed by atoms with van der Waals surface area (Å²) in [7, 11) is 3.20. The number of carbonyl (C=O) groups is 2. The number of hydrogen-bond donors (Lipinski definition) is 1. The minimum atomic E-state index is -0.227. The van der Waals surface area contributed by atoms with Gasteiger partial charge in [-0.25, -0.2) is 4.79 Å². The van der Waals surface area contributed by atoms with Crippen LogP contribution in [0.2, 0.25) is 0 Å². The fourth-order valence-electron chi connectivity index (χ4n) is 3.68. The van der Waals surface area contributed by atoms with Crippen LogP contribution in [0.4, 0.5) is 4.79 Å². The Labute approximate surface area is 183 Å². The van der Waals surface area contributed by atoms with E-state index in [2.05, 4.69) is 5.32 Å². The third-order valence-corrected chi connectivity index (χ3v) is 5.64. The summed E-state index contributed by atoms with van der Waals surface area (Å²) in [5, 5.41) is 3.03. The van der Waals surface area contributed by atoms with Gasteiger partial charge in [-0.1, -0.05) is 29.8 Å². The van der Waals surface area contributed by atoms with Gasteiger partial charge in [0.25, 0.3) is 0 Å². The molecular formula is C24H31N3O4. The van der Waals surface area contributed by atoms with E-state index in [0.717, 1.165) is 11.1 Å². The van der Waals surface area contributed by atoms with Crippen LogP contribution in [0.15, 0.2) is 42.5 Å². The van der Waals surface area contributed by atoms with E-state index in [1.807, 2.05) is 55.1 Å². The molecular weight excluding hydrogens is 394 g/mol. The van der Waals surface area contributed by atoms with Gasteiger partial charge in [0.1, 0.15) is 11.5 Å². The Hall–Kier alpha value is -3.22. The molecule has 1 unspecified atom stereocenters. The zero-order valence-corrected chi connectivity index (χ0v) is 18.7. The number of nitrogens with one attached hydrogen (secondary N) is 1. The lowest BCUT2D eigenvalue weighted by molar-refractivity contribution is -0.131. The minimum absolute atomic E-state index is 0.0975. The van der Waals surface area contributed by atoms with Gasteiger partial charge in [0.15, 0.2) is 0 Å². The van der Waals surface area contributed by atoms with E-state index in [0.29, 0.717) is 44.1 Å². The van der Waals surface area contributed by atoms with Crippen LogP contribution in [0.1, 0.15) is 29.7 Å². The van der Waals surface area contributed by atoms with E-state index in [4.69, 9.17) is 9.47 Å². The average molecular weight is 426 g/mol. The zero-order valence-electron chi connectivity index (χ0n) is 18.7. The summed E-state index contributed by atoms with van der Waals surface area (Å²) in [5.41, 5.74) is 3.07. The molecule has 2 aromatic carbocycles. The maximum Gasteiger partial charge on any atom is 0.317 e. The van der Waals surface area contributed by atoms with Crippen LogP contribution in [-0.4, -0.2) is 62.1 Å². The third kappa shape index (κ3) is 5.69. The normalized spacial score (nSPS) is 14.7. The van der Waals surface area contributed by atoms with Crippen LogP contribution in [0.5, 0.6) is 11.5 Å². The van der Waals surface area contributed by atoms with E-state index < -0.39 is 0 Å². The quantitative estimate of drug-likeness (QED) is 0.772.